The molecule has 0 aromatic carbocycles. The molecule has 1 aliphatic rings. The predicted octanol–water partition coefficient (Wildman–Crippen LogP) is 2.44. The highest BCUT2D eigenvalue weighted by Crippen LogP contribution is 2.17. The van der Waals surface area contributed by atoms with Crippen LogP contribution < -0.4 is 0 Å². The van der Waals surface area contributed by atoms with Gasteiger partial charge in [0.15, 0.2) is 0 Å². The number of carbonyl (C=O) groups is 1. The van der Waals surface area contributed by atoms with Crippen molar-refractivity contribution >= 4 is 11.4 Å². The summed E-state index contributed by atoms with van der Waals surface area (Å²) in [5.41, 5.74) is 1.81. The molecule has 3 rings (SSSR count). The molecule has 0 bridgehead atoms. The van der Waals surface area contributed by atoms with Crippen LogP contribution in [0.1, 0.15) is 23.7 Å². The highest BCUT2D eigenvalue weighted by Gasteiger charge is 2.22. The third-order valence-electron chi connectivity index (χ3n) is 3.92. The Labute approximate surface area is 118 Å². The van der Waals surface area contributed by atoms with Crippen LogP contribution in [0.25, 0.3) is 5.52 Å². The molecule has 1 amide bonds. The molecule has 0 saturated carbocycles. The van der Waals surface area contributed by atoms with Crippen molar-refractivity contribution in [3.63, 3.8) is 0 Å². The van der Waals surface area contributed by atoms with Gasteiger partial charge in [0.1, 0.15) is 0 Å². The Kier molecular flexibility index (Phi) is 3.74. The molecule has 3 heterocycles. The van der Waals surface area contributed by atoms with Gasteiger partial charge in [0.2, 0.25) is 0 Å². The van der Waals surface area contributed by atoms with Gasteiger partial charge in [0.25, 0.3) is 5.91 Å². The second-order valence-electron chi connectivity index (χ2n) is 5.33. The van der Waals surface area contributed by atoms with Gasteiger partial charge in [-0.3, -0.25) is 4.79 Å². The number of aromatic nitrogens is 1. The molecule has 1 aliphatic heterocycles. The predicted molar refractivity (Wildman–Crippen MR) is 77.9 cm³/mol. The first-order chi connectivity index (χ1) is 9.78. The Morgan fingerprint density at radius 1 is 1.50 bits per heavy atom. The van der Waals surface area contributed by atoms with Crippen LogP contribution in [0, 0.1) is 5.92 Å². The normalized spacial score (nSPS) is 18.6. The lowest BCUT2D eigenvalue weighted by molar-refractivity contribution is 0.0731. The quantitative estimate of drug-likeness (QED) is 0.856. The highest BCUT2D eigenvalue weighted by atomic mass is 16.5. The zero-order chi connectivity index (χ0) is 13.9. The highest BCUT2D eigenvalue weighted by molar-refractivity contribution is 5.95. The van der Waals surface area contributed by atoms with E-state index in [1.807, 2.05) is 52.9 Å². The van der Waals surface area contributed by atoms with Crippen LogP contribution in [0.5, 0.6) is 0 Å². The molecule has 1 fully saturated rings. The van der Waals surface area contributed by atoms with Gasteiger partial charge in [0.05, 0.1) is 12.2 Å². The molecule has 1 saturated heterocycles. The van der Waals surface area contributed by atoms with Crippen LogP contribution in [-0.4, -0.2) is 41.5 Å². The maximum absolute atomic E-state index is 12.6. The first-order valence-corrected chi connectivity index (χ1v) is 7.21. The Hall–Kier alpha value is -1.81. The van der Waals surface area contributed by atoms with E-state index in [2.05, 4.69) is 0 Å². The molecule has 0 spiro atoms. The molecular formula is C16H20N2O2. The fraction of sp³-hybridized carbons (Fsp3) is 0.438. The molecule has 2 aromatic rings. The van der Waals surface area contributed by atoms with E-state index in [-0.39, 0.29) is 5.91 Å². The molecule has 1 unspecified atom stereocenters. The summed E-state index contributed by atoms with van der Waals surface area (Å²) in [5.74, 6) is 0.596. The van der Waals surface area contributed by atoms with Crippen molar-refractivity contribution in [1.29, 1.82) is 0 Å². The lowest BCUT2D eigenvalue weighted by Gasteiger charge is -2.23. The Morgan fingerprint density at radius 3 is 3.10 bits per heavy atom. The number of amides is 1. The molecule has 0 aliphatic carbocycles. The number of carbonyl (C=O) groups excluding carboxylic acids is 1. The minimum atomic E-state index is 0.114. The summed E-state index contributed by atoms with van der Waals surface area (Å²) in [6, 6.07) is 7.92. The number of rotatable bonds is 4. The number of ether oxygens (including phenoxy) is 1. The summed E-state index contributed by atoms with van der Waals surface area (Å²) in [6.07, 6.45) is 4.93. The van der Waals surface area contributed by atoms with Crippen LogP contribution in [0.15, 0.2) is 36.7 Å². The average molecular weight is 272 g/mol. The van der Waals surface area contributed by atoms with Gasteiger partial charge in [-0.1, -0.05) is 6.07 Å². The van der Waals surface area contributed by atoms with Crippen LogP contribution in [-0.2, 0) is 4.74 Å². The summed E-state index contributed by atoms with van der Waals surface area (Å²) in [5, 5.41) is 0. The zero-order valence-corrected chi connectivity index (χ0v) is 11.8. The first-order valence-electron chi connectivity index (χ1n) is 7.21. The third-order valence-corrected chi connectivity index (χ3v) is 3.92. The second kappa shape index (κ2) is 5.67. The largest absolute Gasteiger partial charge is 0.381 e. The fourth-order valence-electron chi connectivity index (χ4n) is 2.75. The number of hydrogen-bond acceptors (Lipinski definition) is 2. The van der Waals surface area contributed by atoms with E-state index in [9.17, 15) is 4.79 Å². The van der Waals surface area contributed by atoms with Crippen LogP contribution in [0.4, 0.5) is 0 Å². The van der Waals surface area contributed by atoms with Crippen LogP contribution in [0.3, 0.4) is 0 Å². The molecular weight excluding hydrogens is 252 g/mol. The maximum atomic E-state index is 12.6. The number of pyridine rings is 1. The van der Waals surface area contributed by atoms with Crippen LogP contribution in [0.2, 0.25) is 0 Å². The van der Waals surface area contributed by atoms with E-state index in [1.165, 1.54) is 0 Å². The molecule has 0 radical (unpaired) electrons. The van der Waals surface area contributed by atoms with E-state index in [0.29, 0.717) is 5.92 Å². The van der Waals surface area contributed by atoms with E-state index >= 15 is 0 Å². The van der Waals surface area contributed by atoms with Gasteiger partial charge >= 0.3 is 0 Å². The molecule has 4 nitrogen and oxygen atoms in total. The van der Waals surface area contributed by atoms with Crippen molar-refractivity contribution in [2.45, 2.75) is 13.3 Å². The molecule has 1 atom stereocenters. The smallest absolute Gasteiger partial charge is 0.255 e. The third kappa shape index (κ3) is 2.56. The van der Waals surface area contributed by atoms with E-state index in [1.54, 1.807) is 0 Å². The average Bonchev–Trinajstić information content (AvgIpc) is 3.12. The van der Waals surface area contributed by atoms with E-state index in [0.717, 1.165) is 43.8 Å². The Balaban J connectivity index is 1.78. The number of fused-ring (bicyclic) bond motifs is 1. The summed E-state index contributed by atoms with van der Waals surface area (Å²) in [4.78, 5) is 14.5. The van der Waals surface area contributed by atoms with E-state index < -0.39 is 0 Å². The van der Waals surface area contributed by atoms with Crippen molar-refractivity contribution < 1.29 is 9.53 Å². The standard InChI is InChI=1S/C16H20N2O2/c1-2-17(10-13-6-8-20-12-13)16(19)14-9-15-5-3-4-7-18(15)11-14/h3-5,7,9,11,13H,2,6,8,10,12H2,1H3. The minimum Gasteiger partial charge on any atom is -0.381 e. The van der Waals surface area contributed by atoms with Gasteiger partial charge < -0.3 is 14.0 Å². The van der Waals surface area contributed by atoms with Crippen molar-refractivity contribution in [3.05, 3.63) is 42.2 Å². The lowest BCUT2D eigenvalue weighted by atomic mass is 10.1. The van der Waals surface area contributed by atoms with Crippen molar-refractivity contribution in [2.24, 2.45) is 5.92 Å². The van der Waals surface area contributed by atoms with Gasteiger partial charge in [0, 0.05) is 43.5 Å². The molecule has 106 valence electrons. The maximum Gasteiger partial charge on any atom is 0.255 e. The van der Waals surface area contributed by atoms with Gasteiger partial charge in [-0.15, -0.1) is 0 Å². The second-order valence-corrected chi connectivity index (χ2v) is 5.33. The van der Waals surface area contributed by atoms with E-state index in [4.69, 9.17) is 4.74 Å². The summed E-state index contributed by atoms with van der Waals surface area (Å²) >= 11 is 0. The molecule has 20 heavy (non-hydrogen) atoms. The Morgan fingerprint density at radius 2 is 2.40 bits per heavy atom. The monoisotopic (exact) mass is 272 g/mol. The van der Waals surface area contributed by atoms with Crippen LogP contribution >= 0.6 is 0 Å². The van der Waals surface area contributed by atoms with Crippen molar-refractivity contribution in [3.8, 4) is 0 Å². The fourth-order valence-corrected chi connectivity index (χ4v) is 2.75. The Bertz CT molecular complexity index is 566. The lowest BCUT2D eigenvalue weighted by Crippen LogP contribution is -2.35. The number of hydrogen-bond donors (Lipinski definition) is 0. The van der Waals surface area contributed by atoms with Crippen molar-refractivity contribution in [1.82, 2.24) is 9.30 Å². The topological polar surface area (TPSA) is 34.0 Å². The zero-order valence-electron chi connectivity index (χ0n) is 11.8. The van der Waals surface area contributed by atoms with Crippen molar-refractivity contribution in [2.75, 3.05) is 26.3 Å². The summed E-state index contributed by atoms with van der Waals surface area (Å²) in [6.45, 7) is 5.17. The molecule has 0 N–H and O–H groups in total. The summed E-state index contributed by atoms with van der Waals surface area (Å²) < 4.78 is 7.38. The summed E-state index contributed by atoms with van der Waals surface area (Å²) in [7, 11) is 0. The van der Waals surface area contributed by atoms with Gasteiger partial charge in [-0.2, -0.15) is 0 Å². The molecule has 4 heteroatoms. The minimum absolute atomic E-state index is 0.114. The first kappa shape index (κ1) is 13.2. The SMILES string of the molecule is CCN(CC1CCOC1)C(=O)c1cc2ccccn2c1. The van der Waals surface area contributed by atoms with Gasteiger partial charge in [-0.05, 0) is 31.5 Å². The number of nitrogens with zero attached hydrogens (tertiary/aromatic N) is 2. The molecule has 2 aromatic heterocycles. The van der Waals surface area contributed by atoms with Gasteiger partial charge in [-0.25, -0.2) is 0 Å².